The van der Waals surface area contributed by atoms with Crippen molar-refractivity contribution in [2.75, 3.05) is 13.6 Å². The minimum Gasteiger partial charge on any atom is -0.357 e. The first-order valence-corrected chi connectivity index (χ1v) is 8.60. The van der Waals surface area contributed by atoms with E-state index < -0.39 is 41.9 Å². The van der Waals surface area contributed by atoms with E-state index >= 15 is 0 Å². The molecule has 0 aromatic heterocycles. The Labute approximate surface area is 162 Å². The number of carbonyl (C=O) groups is 3. The SMILES string of the molecule is CNC(=O)C(NC(=O)CNC(=O)c1cccc(Br)c1)c1ccc(F)c(F)c1. The van der Waals surface area contributed by atoms with Gasteiger partial charge < -0.3 is 16.0 Å². The van der Waals surface area contributed by atoms with Crippen LogP contribution in [0.2, 0.25) is 0 Å². The molecule has 0 saturated carbocycles. The number of hydrogen-bond donors (Lipinski definition) is 3. The molecule has 2 rings (SSSR count). The smallest absolute Gasteiger partial charge is 0.251 e. The van der Waals surface area contributed by atoms with Gasteiger partial charge in [0.1, 0.15) is 6.04 Å². The highest BCUT2D eigenvalue weighted by atomic mass is 79.9. The van der Waals surface area contributed by atoms with Crippen molar-refractivity contribution < 1.29 is 23.2 Å². The van der Waals surface area contributed by atoms with Crippen molar-refractivity contribution in [3.05, 3.63) is 69.7 Å². The zero-order valence-corrected chi connectivity index (χ0v) is 15.8. The van der Waals surface area contributed by atoms with Gasteiger partial charge in [0.15, 0.2) is 11.6 Å². The molecule has 142 valence electrons. The summed E-state index contributed by atoms with van der Waals surface area (Å²) in [5.74, 6) is -3.97. The summed E-state index contributed by atoms with van der Waals surface area (Å²) >= 11 is 3.24. The van der Waals surface area contributed by atoms with Gasteiger partial charge in [0.2, 0.25) is 11.8 Å². The number of nitrogens with one attached hydrogen (secondary N) is 3. The summed E-state index contributed by atoms with van der Waals surface area (Å²) in [5.41, 5.74) is 0.417. The number of likely N-dealkylation sites (N-methyl/N-ethyl adjacent to an activating group) is 1. The molecule has 3 N–H and O–H groups in total. The van der Waals surface area contributed by atoms with Crippen LogP contribution in [0.3, 0.4) is 0 Å². The maximum atomic E-state index is 13.4. The average molecular weight is 440 g/mol. The second-order valence-electron chi connectivity index (χ2n) is 5.48. The monoisotopic (exact) mass is 439 g/mol. The van der Waals surface area contributed by atoms with Crippen LogP contribution >= 0.6 is 15.9 Å². The van der Waals surface area contributed by atoms with E-state index in [0.717, 1.165) is 12.1 Å². The molecule has 2 aromatic carbocycles. The molecule has 0 aliphatic rings. The van der Waals surface area contributed by atoms with Crippen LogP contribution < -0.4 is 16.0 Å². The number of amides is 3. The third kappa shape index (κ3) is 5.58. The number of halogens is 3. The van der Waals surface area contributed by atoms with Crippen molar-refractivity contribution in [3.8, 4) is 0 Å². The summed E-state index contributed by atoms with van der Waals surface area (Å²) in [6.07, 6.45) is 0. The molecule has 0 aliphatic heterocycles. The fourth-order valence-corrected chi connectivity index (χ4v) is 2.64. The minimum atomic E-state index is -1.24. The second-order valence-corrected chi connectivity index (χ2v) is 6.40. The fourth-order valence-electron chi connectivity index (χ4n) is 2.24. The number of hydrogen-bond acceptors (Lipinski definition) is 3. The summed E-state index contributed by atoms with van der Waals surface area (Å²) < 4.78 is 27.2. The molecule has 27 heavy (non-hydrogen) atoms. The normalized spacial score (nSPS) is 11.4. The first kappa shape index (κ1) is 20.5. The molecule has 0 heterocycles. The molecule has 9 heteroatoms. The Hall–Kier alpha value is -2.81. The lowest BCUT2D eigenvalue weighted by atomic mass is 10.1. The standard InChI is InChI=1S/C18H16BrF2N3O3/c1-22-18(27)16(10-5-6-13(20)14(21)8-10)24-15(25)9-23-17(26)11-3-2-4-12(19)7-11/h2-8,16H,9H2,1H3,(H,22,27)(H,23,26)(H,24,25). The van der Waals surface area contributed by atoms with Crippen LogP contribution in [0.15, 0.2) is 46.9 Å². The van der Waals surface area contributed by atoms with Gasteiger partial charge in [-0.15, -0.1) is 0 Å². The predicted molar refractivity (Wildman–Crippen MR) is 97.8 cm³/mol. The summed E-state index contributed by atoms with van der Waals surface area (Å²) in [4.78, 5) is 36.2. The van der Waals surface area contributed by atoms with Crippen molar-refractivity contribution in [1.29, 1.82) is 0 Å². The van der Waals surface area contributed by atoms with Crippen molar-refractivity contribution in [3.63, 3.8) is 0 Å². The molecular weight excluding hydrogens is 424 g/mol. The van der Waals surface area contributed by atoms with Crippen molar-refractivity contribution >= 4 is 33.7 Å². The van der Waals surface area contributed by atoms with Gasteiger partial charge >= 0.3 is 0 Å². The first-order valence-electron chi connectivity index (χ1n) is 7.81. The molecule has 6 nitrogen and oxygen atoms in total. The zero-order chi connectivity index (χ0) is 20.0. The molecule has 0 radical (unpaired) electrons. The molecule has 2 aromatic rings. The van der Waals surface area contributed by atoms with Crippen molar-refractivity contribution in [2.45, 2.75) is 6.04 Å². The van der Waals surface area contributed by atoms with E-state index in [-0.39, 0.29) is 5.56 Å². The third-order valence-electron chi connectivity index (χ3n) is 3.59. The molecule has 0 aliphatic carbocycles. The summed E-state index contributed by atoms with van der Waals surface area (Å²) in [7, 11) is 1.34. The Balaban J connectivity index is 2.04. The highest BCUT2D eigenvalue weighted by Crippen LogP contribution is 2.17. The maximum Gasteiger partial charge on any atom is 0.251 e. The molecule has 0 saturated heterocycles. The van der Waals surface area contributed by atoms with Gasteiger partial charge in [-0.05, 0) is 35.9 Å². The third-order valence-corrected chi connectivity index (χ3v) is 4.08. The van der Waals surface area contributed by atoms with E-state index in [9.17, 15) is 23.2 Å². The Morgan fingerprint density at radius 3 is 2.44 bits per heavy atom. The highest BCUT2D eigenvalue weighted by Gasteiger charge is 2.23. The van der Waals surface area contributed by atoms with Crippen LogP contribution in [-0.4, -0.2) is 31.3 Å². The molecule has 0 fully saturated rings. The minimum absolute atomic E-state index is 0.0694. The van der Waals surface area contributed by atoms with Gasteiger partial charge in [-0.1, -0.05) is 28.1 Å². The Morgan fingerprint density at radius 2 is 1.81 bits per heavy atom. The van der Waals surface area contributed by atoms with Crippen molar-refractivity contribution in [1.82, 2.24) is 16.0 Å². The van der Waals surface area contributed by atoms with E-state index in [1.165, 1.54) is 13.1 Å². The second kappa shape index (κ2) is 9.22. The van der Waals surface area contributed by atoms with Crippen LogP contribution in [0, 0.1) is 11.6 Å². The largest absolute Gasteiger partial charge is 0.357 e. The van der Waals surface area contributed by atoms with Gasteiger partial charge in [0.05, 0.1) is 6.54 Å². The Bertz CT molecular complexity index is 877. The van der Waals surface area contributed by atoms with Crippen LogP contribution in [-0.2, 0) is 9.59 Å². The summed E-state index contributed by atoms with van der Waals surface area (Å²) in [6.45, 7) is -0.400. The molecule has 1 atom stereocenters. The molecule has 0 bridgehead atoms. The molecule has 3 amide bonds. The lowest BCUT2D eigenvalue weighted by molar-refractivity contribution is -0.128. The lowest BCUT2D eigenvalue weighted by Gasteiger charge is -2.18. The quantitative estimate of drug-likeness (QED) is 0.643. The molecule has 0 spiro atoms. The lowest BCUT2D eigenvalue weighted by Crippen LogP contribution is -2.43. The van der Waals surface area contributed by atoms with Crippen LogP contribution in [0.25, 0.3) is 0 Å². The Kier molecular flexibility index (Phi) is 7.00. The maximum absolute atomic E-state index is 13.4. The Morgan fingerprint density at radius 1 is 1.07 bits per heavy atom. The van der Waals surface area contributed by atoms with Gasteiger partial charge in [-0.3, -0.25) is 14.4 Å². The van der Waals surface area contributed by atoms with Crippen LogP contribution in [0.5, 0.6) is 0 Å². The highest BCUT2D eigenvalue weighted by molar-refractivity contribution is 9.10. The van der Waals surface area contributed by atoms with Gasteiger partial charge in [-0.2, -0.15) is 0 Å². The van der Waals surface area contributed by atoms with E-state index in [0.29, 0.717) is 10.0 Å². The molecular formula is C18H16BrF2N3O3. The molecule has 1 unspecified atom stereocenters. The van der Waals surface area contributed by atoms with E-state index in [1.54, 1.807) is 24.3 Å². The van der Waals surface area contributed by atoms with E-state index in [4.69, 9.17) is 0 Å². The van der Waals surface area contributed by atoms with Gasteiger partial charge in [-0.25, -0.2) is 8.78 Å². The number of carbonyl (C=O) groups excluding carboxylic acids is 3. The van der Waals surface area contributed by atoms with Gasteiger partial charge in [0, 0.05) is 17.1 Å². The summed E-state index contributed by atoms with van der Waals surface area (Å²) in [5, 5.41) is 7.14. The number of rotatable bonds is 6. The fraction of sp³-hybridized carbons (Fsp3) is 0.167. The van der Waals surface area contributed by atoms with Gasteiger partial charge in [0.25, 0.3) is 5.91 Å². The van der Waals surface area contributed by atoms with Crippen LogP contribution in [0.1, 0.15) is 22.0 Å². The van der Waals surface area contributed by atoms with Crippen LogP contribution in [0.4, 0.5) is 8.78 Å². The topological polar surface area (TPSA) is 87.3 Å². The first-order chi connectivity index (χ1) is 12.8. The van der Waals surface area contributed by atoms with E-state index in [1.807, 2.05) is 0 Å². The number of benzene rings is 2. The predicted octanol–water partition coefficient (Wildman–Crippen LogP) is 2.06. The van der Waals surface area contributed by atoms with Crippen molar-refractivity contribution in [2.24, 2.45) is 0 Å². The average Bonchev–Trinajstić information content (AvgIpc) is 2.65. The zero-order valence-electron chi connectivity index (χ0n) is 14.2. The summed E-state index contributed by atoms with van der Waals surface area (Å²) in [6, 6.07) is 8.23. The van der Waals surface area contributed by atoms with E-state index in [2.05, 4.69) is 31.9 Å².